The highest BCUT2D eigenvalue weighted by Gasteiger charge is 2.16. The van der Waals surface area contributed by atoms with Crippen molar-refractivity contribution in [2.24, 2.45) is 0 Å². The van der Waals surface area contributed by atoms with E-state index in [1.807, 2.05) is 36.4 Å². The average molecular weight is 200 g/mol. The van der Waals surface area contributed by atoms with Gasteiger partial charge in [0.2, 0.25) is 0 Å². The van der Waals surface area contributed by atoms with Gasteiger partial charge >= 0.3 is 0 Å². The Kier molecular flexibility index (Phi) is 1.79. The molecule has 0 aromatic heterocycles. The molecule has 3 rings (SSSR count). The van der Waals surface area contributed by atoms with Crippen LogP contribution in [0.2, 0.25) is 0 Å². The first-order valence-corrected chi connectivity index (χ1v) is 4.85. The average Bonchev–Trinajstić information content (AvgIpc) is 2.25. The van der Waals surface area contributed by atoms with Crippen LogP contribution in [0, 0.1) is 0 Å². The van der Waals surface area contributed by atoms with Crippen molar-refractivity contribution >= 4 is 10.8 Å². The van der Waals surface area contributed by atoms with Crippen molar-refractivity contribution in [2.45, 2.75) is 12.5 Å². The van der Waals surface area contributed by atoms with E-state index in [0.29, 0.717) is 0 Å². The molecule has 0 saturated heterocycles. The fourth-order valence-corrected chi connectivity index (χ4v) is 2.12. The van der Waals surface area contributed by atoms with Gasteiger partial charge < -0.3 is 15.5 Å². The molecule has 0 amide bonds. The molecule has 0 fully saturated rings. The lowest BCUT2D eigenvalue weighted by Gasteiger charge is -2.39. The van der Waals surface area contributed by atoms with Crippen molar-refractivity contribution in [3.8, 4) is 0 Å². The molecule has 0 saturated carbocycles. The minimum absolute atomic E-state index is 0.772. The van der Waals surface area contributed by atoms with Gasteiger partial charge in [-0.3, -0.25) is 0 Å². The van der Waals surface area contributed by atoms with Crippen LogP contribution < -0.4 is 0 Å². The largest absolute Gasteiger partial charge is 0.603 e. The van der Waals surface area contributed by atoms with Gasteiger partial charge in [-0.05, 0) is 34.4 Å². The molecule has 2 atom stereocenters. The van der Waals surface area contributed by atoms with Crippen molar-refractivity contribution in [3.05, 3.63) is 52.8 Å². The zero-order valence-electron chi connectivity index (χ0n) is 7.96. The summed E-state index contributed by atoms with van der Waals surface area (Å²) in [5.74, 6) is 0. The Morgan fingerprint density at radius 2 is 1.40 bits per heavy atom. The molecule has 0 spiro atoms. The fourth-order valence-electron chi connectivity index (χ4n) is 2.12. The zero-order valence-corrected chi connectivity index (χ0v) is 7.96. The maximum Gasteiger partial charge on any atom is -0.00588 e. The van der Waals surface area contributed by atoms with Gasteiger partial charge in [0.25, 0.3) is 0 Å². The zero-order chi connectivity index (χ0) is 10.4. The number of hydrogen-bond donors (Lipinski definition) is 2. The first-order valence-electron chi connectivity index (χ1n) is 4.85. The van der Waals surface area contributed by atoms with Crippen molar-refractivity contribution in [1.29, 1.82) is 0 Å². The Labute approximate surface area is 87.0 Å². The minimum atomic E-state index is -0.918. The van der Waals surface area contributed by atoms with Crippen molar-refractivity contribution in [1.82, 2.24) is 0 Å². The van der Waals surface area contributed by atoms with Crippen molar-refractivity contribution in [2.75, 3.05) is 0 Å². The van der Waals surface area contributed by atoms with Gasteiger partial charge in [0.1, 0.15) is 0 Å². The molecule has 3 nitrogen and oxygen atoms in total. The van der Waals surface area contributed by atoms with Crippen LogP contribution in [0.25, 0.3) is 16.1 Å². The third-order valence-electron chi connectivity index (χ3n) is 2.81. The molecule has 0 bridgehead atoms. The lowest BCUT2D eigenvalue weighted by atomic mass is 9.94. The molecule has 0 radical (unpaired) electrons. The minimum Gasteiger partial charge on any atom is -0.603 e. The second-order valence-corrected chi connectivity index (χ2v) is 3.69. The van der Waals surface area contributed by atoms with E-state index < -0.39 is 12.5 Å². The van der Waals surface area contributed by atoms with Gasteiger partial charge in [0.15, 0.2) is 0 Å². The first-order chi connectivity index (χ1) is 7.27. The molecule has 1 aliphatic rings. The quantitative estimate of drug-likeness (QED) is 0.685. The maximum atomic E-state index is 9.72. The van der Waals surface area contributed by atoms with Crippen LogP contribution in [0.15, 0.2) is 36.4 Å². The third kappa shape index (κ3) is 1.18. The SMILES string of the molecule is OC1[N-]C(O)c2cccc3cccc1c23. The van der Waals surface area contributed by atoms with Crippen LogP contribution in [0.5, 0.6) is 0 Å². The van der Waals surface area contributed by atoms with Crippen molar-refractivity contribution < 1.29 is 10.2 Å². The summed E-state index contributed by atoms with van der Waals surface area (Å²) < 4.78 is 0. The summed E-state index contributed by atoms with van der Waals surface area (Å²) in [6.45, 7) is 0. The Balaban J connectivity index is 2.45. The second-order valence-electron chi connectivity index (χ2n) is 3.69. The highest BCUT2D eigenvalue weighted by Crippen LogP contribution is 2.41. The molecular weight excluding hydrogens is 190 g/mol. The van der Waals surface area contributed by atoms with Crippen molar-refractivity contribution in [3.63, 3.8) is 0 Å². The monoisotopic (exact) mass is 200 g/mol. The molecule has 1 aliphatic heterocycles. The number of aliphatic hydroxyl groups is 2. The van der Waals surface area contributed by atoms with E-state index in [1.54, 1.807) is 0 Å². The van der Waals surface area contributed by atoms with Gasteiger partial charge in [0.05, 0.1) is 0 Å². The predicted octanol–water partition coefficient (Wildman–Crippen LogP) is 2.21. The van der Waals surface area contributed by atoms with E-state index in [9.17, 15) is 10.2 Å². The summed E-state index contributed by atoms with van der Waals surface area (Å²) in [7, 11) is 0. The van der Waals surface area contributed by atoms with E-state index in [-0.39, 0.29) is 0 Å². The number of nitrogens with zero attached hydrogens (tertiary/aromatic N) is 1. The Hall–Kier alpha value is -1.42. The molecule has 1 heterocycles. The van der Waals surface area contributed by atoms with Gasteiger partial charge in [-0.15, -0.1) is 0 Å². The molecule has 3 heteroatoms. The van der Waals surface area contributed by atoms with E-state index in [1.165, 1.54) is 0 Å². The van der Waals surface area contributed by atoms with Gasteiger partial charge in [-0.1, -0.05) is 36.4 Å². The van der Waals surface area contributed by atoms with Crippen LogP contribution in [0.4, 0.5) is 0 Å². The Morgan fingerprint density at radius 1 is 0.867 bits per heavy atom. The normalized spacial score (nSPS) is 24.4. The fraction of sp³-hybridized carbons (Fsp3) is 0.167. The molecule has 2 unspecified atom stereocenters. The summed E-state index contributed by atoms with van der Waals surface area (Å²) in [5.41, 5.74) is 1.54. The van der Waals surface area contributed by atoms with E-state index in [4.69, 9.17) is 0 Å². The van der Waals surface area contributed by atoms with Crippen LogP contribution in [-0.2, 0) is 0 Å². The summed E-state index contributed by atoms with van der Waals surface area (Å²) in [4.78, 5) is 0. The lowest BCUT2D eigenvalue weighted by molar-refractivity contribution is 0.142. The van der Waals surface area contributed by atoms with Gasteiger partial charge in [-0.2, -0.15) is 0 Å². The maximum absolute atomic E-state index is 9.72. The summed E-state index contributed by atoms with van der Waals surface area (Å²) in [6.07, 6.45) is -1.84. The molecule has 0 aliphatic carbocycles. The van der Waals surface area contributed by atoms with Gasteiger partial charge in [-0.25, -0.2) is 0 Å². The van der Waals surface area contributed by atoms with E-state index in [0.717, 1.165) is 21.9 Å². The topological polar surface area (TPSA) is 54.6 Å². The highest BCUT2D eigenvalue weighted by atomic mass is 16.3. The molecule has 2 N–H and O–H groups in total. The summed E-state index contributed by atoms with van der Waals surface area (Å²) in [5, 5.41) is 25.2. The lowest BCUT2D eigenvalue weighted by Crippen LogP contribution is -2.11. The molecule has 2 aromatic rings. The number of benzene rings is 2. The number of hydrogen-bond acceptors (Lipinski definition) is 2. The van der Waals surface area contributed by atoms with Gasteiger partial charge in [0, 0.05) is 0 Å². The van der Waals surface area contributed by atoms with Crippen LogP contribution >= 0.6 is 0 Å². The van der Waals surface area contributed by atoms with E-state index in [2.05, 4.69) is 5.32 Å². The predicted molar refractivity (Wildman–Crippen MR) is 57.2 cm³/mol. The third-order valence-corrected chi connectivity index (χ3v) is 2.81. The summed E-state index contributed by atoms with van der Waals surface area (Å²) >= 11 is 0. The smallest absolute Gasteiger partial charge is 0.00588 e. The molecule has 76 valence electrons. The van der Waals surface area contributed by atoms with Crippen LogP contribution in [-0.4, -0.2) is 10.2 Å². The molecule has 2 aromatic carbocycles. The first kappa shape index (κ1) is 8.85. The number of aliphatic hydroxyl groups excluding tert-OH is 2. The summed E-state index contributed by atoms with van der Waals surface area (Å²) in [6, 6.07) is 11.4. The second kappa shape index (κ2) is 3.03. The highest BCUT2D eigenvalue weighted by molar-refractivity contribution is 5.90. The Morgan fingerprint density at radius 3 is 1.93 bits per heavy atom. The Bertz CT molecular complexity index is 481. The molecule has 15 heavy (non-hydrogen) atoms. The molecular formula is C12H10NO2-. The number of rotatable bonds is 0. The standard InChI is InChI=1S/C12H10NO2/c14-11-8-5-1-3-7-4-2-6-9(10(7)8)12(15)13-11/h1-6,11-12,14-15H/q-1. The van der Waals surface area contributed by atoms with Crippen LogP contribution in [0.1, 0.15) is 23.6 Å². The van der Waals surface area contributed by atoms with E-state index >= 15 is 0 Å². The van der Waals surface area contributed by atoms with Crippen LogP contribution in [0.3, 0.4) is 0 Å².